The topological polar surface area (TPSA) is 33.1 Å². The number of hydrogen-bond acceptors (Lipinski definition) is 2. The van der Waals surface area contributed by atoms with Gasteiger partial charge in [0.2, 0.25) is 0 Å². The van der Waals surface area contributed by atoms with Crippen molar-refractivity contribution in [2.75, 3.05) is 0 Å². The number of hydrogen-bond donors (Lipinski definition) is 1. The van der Waals surface area contributed by atoms with E-state index in [9.17, 15) is 13.2 Å². The highest BCUT2D eigenvalue weighted by Crippen LogP contribution is 2.43. The normalized spacial score (nSPS) is 19.0. The number of para-hydroxylation sites is 1. The van der Waals surface area contributed by atoms with Crippen molar-refractivity contribution in [1.82, 2.24) is 19.8 Å². The molecule has 0 aliphatic carbocycles. The third kappa shape index (κ3) is 3.77. The van der Waals surface area contributed by atoms with Crippen LogP contribution in [0, 0.1) is 13.8 Å². The van der Waals surface area contributed by atoms with Crippen molar-refractivity contribution in [2.24, 2.45) is 0 Å². The first-order valence-corrected chi connectivity index (χ1v) is 10.9. The van der Waals surface area contributed by atoms with Gasteiger partial charge in [0, 0.05) is 23.6 Å². The summed E-state index contributed by atoms with van der Waals surface area (Å²) in [6.45, 7) is 7.81. The molecule has 1 aliphatic rings. The van der Waals surface area contributed by atoms with Crippen LogP contribution in [0.1, 0.15) is 54.1 Å². The third-order valence-electron chi connectivity index (χ3n) is 5.93. The molecule has 2 atom stereocenters. The number of nitrogens with zero attached hydrogens (tertiary/aromatic N) is 3. The second-order valence-corrected chi connectivity index (χ2v) is 8.69. The number of pyridine rings is 1. The van der Waals surface area contributed by atoms with E-state index >= 15 is 0 Å². The molecule has 168 valence electrons. The van der Waals surface area contributed by atoms with E-state index in [1.807, 2.05) is 38.1 Å². The molecule has 2 aromatic heterocycles. The fraction of sp³-hybridized carbons (Fsp3) is 0.333. The zero-order chi connectivity index (χ0) is 23.2. The second kappa shape index (κ2) is 8.24. The predicted molar refractivity (Wildman–Crippen MR) is 123 cm³/mol. The van der Waals surface area contributed by atoms with Gasteiger partial charge in [0.25, 0.3) is 0 Å². The fourth-order valence-corrected chi connectivity index (χ4v) is 5.07. The number of nitrogens with one attached hydrogen (secondary N) is 1. The molecule has 0 saturated carbocycles. The number of aryl methyl sites for hydroxylation is 1. The lowest BCUT2D eigenvalue weighted by atomic mass is 9.96. The van der Waals surface area contributed by atoms with Crippen LogP contribution in [0.4, 0.5) is 13.2 Å². The van der Waals surface area contributed by atoms with Crippen molar-refractivity contribution in [1.29, 1.82) is 0 Å². The van der Waals surface area contributed by atoms with Crippen LogP contribution < -0.4 is 5.32 Å². The van der Waals surface area contributed by atoms with Gasteiger partial charge in [-0.3, -0.25) is 4.98 Å². The van der Waals surface area contributed by atoms with Crippen molar-refractivity contribution < 1.29 is 13.2 Å². The standard InChI is InChI=1S/C24H25F3N4S/c1-14(2)30-22(21(29-23(30)32)19-10-7-8-12-28-19)17-13-15(3)31(16(17)4)20-11-6-5-9-18(20)24(25,26)27/h5-14,21-22H,1-4H3,(H,29,32)/t21-,22+/m1/s1. The minimum atomic E-state index is -4.45. The van der Waals surface area contributed by atoms with Crippen LogP contribution in [0.5, 0.6) is 0 Å². The number of aromatic nitrogens is 2. The van der Waals surface area contributed by atoms with Crippen LogP contribution in [-0.2, 0) is 6.18 Å². The molecule has 0 amide bonds. The van der Waals surface area contributed by atoms with E-state index in [0.29, 0.717) is 5.11 Å². The van der Waals surface area contributed by atoms with E-state index in [4.69, 9.17) is 12.2 Å². The molecule has 0 unspecified atom stereocenters. The van der Waals surface area contributed by atoms with Crippen LogP contribution in [0.25, 0.3) is 5.69 Å². The van der Waals surface area contributed by atoms with E-state index in [0.717, 1.165) is 28.7 Å². The third-order valence-corrected chi connectivity index (χ3v) is 6.26. The van der Waals surface area contributed by atoms with Gasteiger partial charge in [-0.2, -0.15) is 13.2 Å². The molecule has 1 aromatic carbocycles. The van der Waals surface area contributed by atoms with Crippen molar-refractivity contribution in [3.05, 3.63) is 82.9 Å². The second-order valence-electron chi connectivity index (χ2n) is 8.30. The lowest BCUT2D eigenvalue weighted by Crippen LogP contribution is -2.35. The summed E-state index contributed by atoms with van der Waals surface area (Å²) in [5.41, 5.74) is 2.72. The van der Waals surface area contributed by atoms with Crippen LogP contribution in [0.2, 0.25) is 0 Å². The Bertz CT molecular complexity index is 1140. The summed E-state index contributed by atoms with van der Waals surface area (Å²) < 4.78 is 42.9. The first-order valence-electron chi connectivity index (χ1n) is 10.5. The molecule has 1 saturated heterocycles. The molecular formula is C24H25F3N4S. The molecule has 4 nitrogen and oxygen atoms in total. The summed E-state index contributed by atoms with van der Waals surface area (Å²) in [7, 11) is 0. The summed E-state index contributed by atoms with van der Waals surface area (Å²) in [4.78, 5) is 6.63. The highest BCUT2D eigenvalue weighted by molar-refractivity contribution is 7.80. The summed E-state index contributed by atoms with van der Waals surface area (Å²) in [6.07, 6.45) is -2.71. The summed E-state index contributed by atoms with van der Waals surface area (Å²) >= 11 is 5.65. The lowest BCUT2D eigenvalue weighted by Gasteiger charge is -2.31. The van der Waals surface area contributed by atoms with Gasteiger partial charge in [0.1, 0.15) is 0 Å². The van der Waals surface area contributed by atoms with Gasteiger partial charge in [0.15, 0.2) is 5.11 Å². The molecule has 1 fully saturated rings. The van der Waals surface area contributed by atoms with Gasteiger partial charge in [-0.1, -0.05) is 18.2 Å². The molecule has 8 heteroatoms. The largest absolute Gasteiger partial charge is 0.418 e. The molecule has 3 aromatic rings. The smallest absolute Gasteiger partial charge is 0.352 e. The predicted octanol–water partition coefficient (Wildman–Crippen LogP) is 5.89. The van der Waals surface area contributed by atoms with Gasteiger partial charge < -0.3 is 14.8 Å². The highest BCUT2D eigenvalue weighted by atomic mass is 32.1. The molecule has 32 heavy (non-hydrogen) atoms. The van der Waals surface area contributed by atoms with Crippen LogP contribution in [-0.4, -0.2) is 25.6 Å². The maximum absolute atomic E-state index is 13.8. The maximum Gasteiger partial charge on any atom is 0.418 e. The average Bonchev–Trinajstić information content (AvgIpc) is 3.23. The Kier molecular flexibility index (Phi) is 5.75. The first-order chi connectivity index (χ1) is 15.1. The Balaban J connectivity index is 1.89. The zero-order valence-electron chi connectivity index (χ0n) is 18.3. The Morgan fingerprint density at radius 2 is 1.75 bits per heavy atom. The molecule has 0 radical (unpaired) electrons. The summed E-state index contributed by atoms with van der Waals surface area (Å²) in [5.74, 6) is 0. The minimum absolute atomic E-state index is 0.0965. The number of alkyl halides is 3. The van der Waals surface area contributed by atoms with Gasteiger partial charge in [-0.05, 0) is 75.8 Å². The van der Waals surface area contributed by atoms with Gasteiger partial charge in [-0.25, -0.2) is 0 Å². The van der Waals surface area contributed by atoms with E-state index in [-0.39, 0.29) is 23.8 Å². The molecule has 0 bridgehead atoms. The van der Waals surface area contributed by atoms with E-state index < -0.39 is 11.7 Å². The highest BCUT2D eigenvalue weighted by Gasteiger charge is 2.43. The van der Waals surface area contributed by atoms with Crippen molar-refractivity contribution in [3.8, 4) is 5.69 Å². The molecule has 4 rings (SSSR count). The number of halogens is 3. The van der Waals surface area contributed by atoms with Gasteiger partial charge in [0.05, 0.1) is 29.0 Å². The van der Waals surface area contributed by atoms with Gasteiger partial charge >= 0.3 is 6.18 Å². The average molecular weight is 459 g/mol. The summed E-state index contributed by atoms with van der Waals surface area (Å²) in [5, 5.41) is 4.00. The van der Waals surface area contributed by atoms with Crippen molar-refractivity contribution in [3.63, 3.8) is 0 Å². The minimum Gasteiger partial charge on any atom is -0.352 e. The first kappa shape index (κ1) is 22.3. The molecule has 1 aliphatic heterocycles. The van der Waals surface area contributed by atoms with Gasteiger partial charge in [-0.15, -0.1) is 0 Å². The van der Waals surface area contributed by atoms with Crippen LogP contribution in [0.15, 0.2) is 54.7 Å². The Morgan fingerprint density at radius 1 is 1.06 bits per heavy atom. The summed E-state index contributed by atoms with van der Waals surface area (Å²) in [6, 6.07) is 13.1. The van der Waals surface area contributed by atoms with Crippen molar-refractivity contribution in [2.45, 2.75) is 52.0 Å². The Hall–Kier alpha value is -2.87. The quantitative estimate of drug-likeness (QED) is 0.495. The monoisotopic (exact) mass is 458 g/mol. The van der Waals surface area contributed by atoms with E-state index in [2.05, 4.69) is 29.0 Å². The fourth-order valence-electron chi connectivity index (χ4n) is 4.62. The maximum atomic E-state index is 13.8. The van der Waals surface area contributed by atoms with Crippen LogP contribution in [0.3, 0.4) is 0 Å². The SMILES string of the molecule is Cc1cc([C@H]2[C@@H](c3ccccn3)NC(=S)N2C(C)C)c(C)n1-c1ccccc1C(F)(F)F. The van der Waals surface area contributed by atoms with E-state index in [1.54, 1.807) is 16.8 Å². The molecule has 3 heterocycles. The number of rotatable bonds is 4. The lowest BCUT2D eigenvalue weighted by molar-refractivity contribution is -0.137. The molecule has 0 spiro atoms. The molecular weight excluding hydrogens is 433 g/mol. The Morgan fingerprint density at radius 3 is 2.38 bits per heavy atom. The molecule has 1 N–H and O–H groups in total. The number of thiocarbonyl (C=S) groups is 1. The zero-order valence-corrected chi connectivity index (χ0v) is 19.1. The van der Waals surface area contributed by atoms with E-state index in [1.165, 1.54) is 12.1 Å². The number of benzene rings is 1. The Labute approximate surface area is 191 Å². The van der Waals surface area contributed by atoms with Crippen molar-refractivity contribution >= 4 is 17.3 Å². The van der Waals surface area contributed by atoms with Crippen LogP contribution >= 0.6 is 12.2 Å².